The van der Waals surface area contributed by atoms with Crippen LogP contribution in [0.3, 0.4) is 0 Å². The van der Waals surface area contributed by atoms with Crippen molar-refractivity contribution in [2.24, 2.45) is 0 Å². The van der Waals surface area contributed by atoms with Gasteiger partial charge in [0, 0.05) is 10.5 Å². The van der Waals surface area contributed by atoms with Crippen molar-refractivity contribution in [1.82, 2.24) is 5.32 Å². The summed E-state index contributed by atoms with van der Waals surface area (Å²) in [4.78, 5) is 22.7. The van der Waals surface area contributed by atoms with Gasteiger partial charge >= 0.3 is 5.97 Å². The number of ether oxygens (including phenoxy) is 1. The van der Waals surface area contributed by atoms with Crippen LogP contribution in [0.25, 0.3) is 6.08 Å². The quantitative estimate of drug-likeness (QED) is 0.683. The number of carbonyl (C=O) groups is 2. The van der Waals surface area contributed by atoms with E-state index in [4.69, 9.17) is 0 Å². The van der Waals surface area contributed by atoms with E-state index < -0.39 is 12.0 Å². The molecule has 1 atom stereocenters. The summed E-state index contributed by atoms with van der Waals surface area (Å²) in [5, 5.41) is 2.52. The summed E-state index contributed by atoms with van der Waals surface area (Å²) in [6.07, 6.45) is 3.07. The van der Waals surface area contributed by atoms with E-state index in [1.807, 2.05) is 25.1 Å². The number of hydrogen-bond acceptors (Lipinski definition) is 3. The Bertz CT molecular complexity index is 511. The van der Waals surface area contributed by atoms with Crippen molar-refractivity contribution in [3.8, 4) is 0 Å². The average Bonchev–Trinajstić information content (AvgIpc) is 2.36. The molecule has 0 saturated carbocycles. The van der Waals surface area contributed by atoms with E-state index in [0.29, 0.717) is 0 Å². The summed E-state index contributed by atoms with van der Waals surface area (Å²) in [5.41, 5.74) is 2.03. The second-order valence-electron chi connectivity index (χ2n) is 4.11. The predicted molar refractivity (Wildman–Crippen MR) is 77.5 cm³/mol. The summed E-state index contributed by atoms with van der Waals surface area (Å²) >= 11 is 3.43. The molecule has 0 spiro atoms. The highest BCUT2D eigenvalue weighted by atomic mass is 79.9. The average molecular weight is 326 g/mol. The van der Waals surface area contributed by atoms with Gasteiger partial charge in [-0.1, -0.05) is 28.1 Å². The van der Waals surface area contributed by atoms with E-state index in [-0.39, 0.29) is 5.91 Å². The highest BCUT2D eigenvalue weighted by Gasteiger charge is 2.13. The lowest BCUT2D eigenvalue weighted by atomic mass is 10.1. The van der Waals surface area contributed by atoms with Crippen LogP contribution in [0.2, 0.25) is 0 Å². The highest BCUT2D eigenvalue weighted by molar-refractivity contribution is 9.10. The van der Waals surface area contributed by atoms with E-state index in [0.717, 1.165) is 15.6 Å². The fourth-order valence-corrected chi connectivity index (χ4v) is 2.06. The number of carbonyl (C=O) groups excluding carboxylic acids is 2. The van der Waals surface area contributed by atoms with Gasteiger partial charge in [-0.2, -0.15) is 0 Å². The molecule has 4 nitrogen and oxygen atoms in total. The minimum absolute atomic E-state index is 0.342. The fourth-order valence-electron chi connectivity index (χ4n) is 1.43. The summed E-state index contributed by atoms with van der Waals surface area (Å²) in [6, 6.07) is 5.17. The lowest BCUT2D eigenvalue weighted by Crippen LogP contribution is -2.38. The Kier molecular flexibility index (Phi) is 5.76. The van der Waals surface area contributed by atoms with Gasteiger partial charge in [-0.3, -0.25) is 4.79 Å². The molecule has 0 saturated heterocycles. The maximum absolute atomic E-state index is 11.6. The number of nitrogens with one attached hydrogen (secondary N) is 1. The minimum Gasteiger partial charge on any atom is -0.467 e. The van der Waals surface area contributed by atoms with Crippen LogP contribution in [0.4, 0.5) is 0 Å². The van der Waals surface area contributed by atoms with Crippen LogP contribution in [0.15, 0.2) is 28.7 Å². The predicted octanol–water partition coefficient (Wildman–Crippen LogP) is 2.45. The van der Waals surface area contributed by atoms with Crippen molar-refractivity contribution in [2.45, 2.75) is 19.9 Å². The van der Waals surface area contributed by atoms with Crippen LogP contribution in [-0.2, 0) is 14.3 Å². The molecule has 1 unspecified atom stereocenters. The monoisotopic (exact) mass is 325 g/mol. The van der Waals surface area contributed by atoms with Gasteiger partial charge in [0.05, 0.1) is 7.11 Å². The third kappa shape index (κ3) is 4.87. The van der Waals surface area contributed by atoms with Gasteiger partial charge in [0.15, 0.2) is 0 Å². The summed E-state index contributed by atoms with van der Waals surface area (Å²) in [6.45, 7) is 3.56. The van der Waals surface area contributed by atoms with Gasteiger partial charge in [0.2, 0.25) is 5.91 Å². The van der Waals surface area contributed by atoms with Crippen molar-refractivity contribution in [3.63, 3.8) is 0 Å². The number of benzene rings is 1. The van der Waals surface area contributed by atoms with Crippen molar-refractivity contribution in [3.05, 3.63) is 39.9 Å². The number of hydrogen-bond donors (Lipinski definition) is 1. The van der Waals surface area contributed by atoms with E-state index in [9.17, 15) is 9.59 Å². The van der Waals surface area contributed by atoms with Crippen molar-refractivity contribution >= 4 is 33.9 Å². The van der Waals surface area contributed by atoms with Crippen LogP contribution in [-0.4, -0.2) is 25.0 Å². The first-order valence-corrected chi connectivity index (χ1v) is 6.56. The Hall–Kier alpha value is -1.62. The molecule has 1 rings (SSSR count). The SMILES string of the molecule is COC(=O)C(C)NC(=O)C=Cc1ccc(C)cc1Br. The molecule has 102 valence electrons. The molecular weight excluding hydrogens is 310 g/mol. The summed E-state index contributed by atoms with van der Waals surface area (Å²) in [5.74, 6) is -0.816. The third-order valence-electron chi connectivity index (χ3n) is 2.48. The van der Waals surface area contributed by atoms with Crippen LogP contribution >= 0.6 is 15.9 Å². The molecule has 19 heavy (non-hydrogen) atoms. The molecule has 5 heteroatoms. The maximum atomic E-state index is 11.6. The highest BCUT2D eigenvalue weighted by Crippen LogP contribution is 2.19. The van der Waals surface area contributed by atoms with Gasteiger partial charge in [0.1, 0.15) is 6.04 Å². The van der Waals surface area contributed by atoms with Crippen LogP contribution in [0, 0.1) is 6.92 Å². The molecule has 0 fully saturated rings. The summed E-state index contributed by atoms with van der Waals surface area (Å²) < 4.78 is 5.44. The zero-order valence-electron chi connectivity index (χ0n) is 11.1. The lowest BCUT2D eigenvalue weighted by molar-refractivity contribution is -0.144. The van der Waals surface area contributed by atoms with Crippen molar-refractivity contribution < 1.29 is 14.3 Å². The topological polar surface area (TPSA) is 55.4 Å². The van der Waals surface area contributed by atoms with Gasteiger partial charge in [-0.25, -0.2) is 4.79 Å². The number of methoxy groups -OCH3 is 1. The Morgan fingerprint density at radius 1 is 1.42 bits per heavy atom. The minimum atomic E-state index is -0.663. The molecule has 1 N–H and O–H groups in total. The molecule has 0 aromatic heterocycles. The zero-order valence-corrected chi connectivity index (χ0v) is 12.7. The molecule has 1 amide bonds. The Morgan fingerprint density at radius 3 is 2.68 bits per heavy atom. The Labute approximate surface area is 121 Å². The van der Waals surface area contributed by atoms with E-state index in [1.165, 1.54) is 13.2 Å². The second-order valence-corrected chi connectivity index (χ2v) is 4.97. The van der Waals surface area contributed by atoms with Gasteiger partial charge in [0.25, 0.3) is 0 Å². The Morgan fingerprint density at radius 2 is 2.11 bits per heavy atom. The third-order valence-corrected chi connectivity index (χ3v) is 3.17. The van der Waals surface area contributed by atoms with Crippen molar-refractivity contribution in [2.75, 3.05) is 7.11 Å². The molecule has 0 aliphatic carbocycles. The second kappa shape index (κ2) is 7.09. The molecule has 0 heterocycles. The maximum Gasteiger partial charge on any atom is 0.328 e. The molecule has 0 bridgehead atoms. The van der Waals surface area contributed by atoms with Crippen LogP contribution < -0.4 is 5.32 Å². The van der Waals surface area contributed by atoms with Gasteiger partial charge in [-0.05, 0) is 37.1 Å². The van der Waals surface area contributed by atoms with E-state index in [2.05, 4.69) is 26.0 Å². The first-order chi connectivity index (χ1) is 8.93. The number of esters is 1. The largest absolute Gasteiger partial charge is 0.467 e. The Balaban J connectivity index is 2.66. The normalized spacial score (nSPS) is 12.2. The molecule has 1 aromatic rings. The molecule has 0 aliphatic rings. The fraction of sp³-hybridized carbons (Fsp3) is 0.286. The zero-order chi connectivity index (χ0) is 14.4. The van der Waals surface area contributed by atoms with Gasteiger partial charge in [-0.15, -0.1) is 0 Å². The van der Waals surface area contributed by atoms with Crippen LogP contribution in [0.1, 0.15) is 18.1 Å². The number of amides is 1. The lowest BCUT2D eigenvalue weighted by Gasteiger charge is -2.09. The number of aryl methyl sites for hydroxylation is 1. The van der Waals surface area contributed by atoms with E-state index in [1.54, 1.807) is 13.0 Å². The van der Waals surface area contributed by atoms with E-state index >= 15 is 0 Å². The first-order valence-electron chi connectivity index (χ1n) is 5.76. The summed E-state index contributed by atoms with van der Waals surface area (Å²) in [7, 11) is 1.28. The molecule has 0 aliphatic heterocycles. The molecular formula is C14H16BrNO3. The molecule has 0 radical (unpaired) electrons. The van der Waals surface area contributed by atoms with Gasteiger partial charge < -0.3 is 10.1 Å². The molecule has 1 aromatic carbocycles. The first kappa shape index (κ1) is 15.4. The number of halogens is 1. The number of rotatable bonds is 4. The van der Waals surface area contributed by atoms with Crippen LogP contribution in [0.5, 0.6) is 0 Å². The smallest absolute Gasteiger partial charge is 0.328 e. The van der Waals surface area contributed by atoms with Crippen molar-refractivity contribution in [1.29, 1.82) is 0 Å². The standard InChI is InChI=1S/C14H16BrNO3/c1-9-4-5-11(12(15)8-9)6-7-13(17)16-10(2)14(18)19-3/h4-8,10H,1-3H3,(H,16,17).